The van der Waals surface area contributed by atoms with Gasteiger partial charge in [0.1, 0.15) is 18.3 Å². The van der Waals surface area contributed by atoms with E-state index < -0.39 is 5.60 Å². The fourth-order valence-electron chi connectivity index (χ4n) is 1.33. The minimum absolute atomic E-state index is 0.255. The van der Waals surface area contributed by atoms with Gasteiger partial charge in [0.25, 0.3) is 0 Å². The molecule has 1 aromatic rings. The maximum absolute atomic E-state index is 9.95. The van der Waals surface area contributed by atoms with E-state index in [1.165, 1.54) is 0 Å². The number of aliphatic hydroxyl groups is 1. The first-order valence-electron chi connectivity index (χ1n) is 4.70. The molecule has 76 valence electrons. The van der Waals surface area contributed by atoms with Crippen molar-refractivity contribution < 1.29 is 14.6 Å². The molecule has 1 aliphatic rings. The van der Waals surface area contributed by atoms with Gasteiger partial charge >= 0.3 is 0 Å². The molecule has 0 bridgehead atoms. The molecule has 1 aliphatic heterocycles. The molecule has 0 fully saturated rings. The first-order valence-corrected chi connectivity index (χ1v) is 4.70. The van der Waals surface area contributed by atoms with E-state index in [-0.39, 0.29) is 12.7 Å². The average molecular weight is 194 g/mol. The summed E-state index contributed by atoms with van der Waals surface area (Å²) in [6.07, 6.45) is -0.272. The van der Waals surface area contributed by atoms with Crippen LogP contribution in [0.1, 0.15) is 13.8 Å². The van der Waals surface area contributed by atoms with E-state index >= 15 is 0 Å². The first kappa shape index (κ1) is 9.34. The molecular formula is C11H14O3. The van der Waals surface area contributed by atoms with Crippen LogP contribution in [0.5, 0.6) is 11.5 Å². The van der Waals surface area contributed by atoms with E-state index in [1.54, 1.807) is 6.92 Å². The topological polar surface area (TPSA) is 38.7 Å². The van der Waals surface area contributed by atoms with Gasteiger partial charge in [-0.15, -0.1) is 0 Å². The van der Waals surface area contributed by atoms with Crippen LogP contribution in [0.15, 0.2) is 24.3 Å². The summed E-state index contributed by atoms with van der Waals surface area (Å²) in [5.74, 6) is 1.38. The van der Waals surface area contributed by atoms with Gasteiger partial charge in [0.05, 0.1) is 0 Å². The van der Waals surface area contributed by atoms with E-state index in [1.807, 2.05) is 31.2 Å². The number of hydrogen-bond acceptors (Lipinski definition) is 3. The van der Waals surface area contributed by atoms with Crippen LogP contribution in [0.3, 0.4) is 0 Å². The van der Waals surface area contributed by atoms with Gasteiger partial charge in [0.15, 0.2) is 11.5 Å². The molecule has 1 aromatic carbocycles. The molecule has 0 amide bonds. The van der Waals surface area contributed by atoms with Gasteiger partial charge in [-0.2, -0.15) is 0 Å². The second-order valence-electron chi connectivity index (χ2n) is 3.85. The van der Waals surface area contributed by atoms with Crippen LogP contribution in [-0.2, 0) is 0 Å². The van der Waals surface area contributed by atoms with Crippen LogP contribution < -0.4 is 9.47 Å². The lowest BCUT2D eigenvalue weighted by Crippen LogP contribution is -2.44. The summed E-state index contributed by atoms with van der Waals surface area (Å²) in [6, 6.07) is 7.44. The van der Waals surface area contributed by atoms with Gasteiger partial charge in [-0.3, -0.25) is 0 Å². The first-order chi connectivity index (χ1) is 6.59. The molecule has 0 saturated heterocycles. The fraction of sp³-hybridized carbons (Fsp3) is 0.455. The van der Waals surface area contributed by atoms with Crippen molar-refractivity contribution in [3.8, 4) is 11.5 Å². The zero-order valence-electron chi connectivity index (χ0n) is 8.36. The van der Waals surface area contributed by atoms with Crippen molar-refractivity contribution in [3.05, 3.63) is 24.3 Å². The van der Waals surface area contributed by atoms with E-state index in [0.717, 1.165) is 0 Å². The Morgan fingerprint density at radius 3 is 2.71 bits per heavy atom. The minimum atomic E-state index is -0.945. The van der Waals surface area contributed by atoms with Crippen molar-refractivity contribution in [2.75, 3.05) is 6.61 Å². The third-order valence-electron chi connectivity index (χ3n) is 2.55. The van der Waals surface area contributed by atoms with E-state index in [0.29, 0.717) is 11.5 Å². The largest absolute Gasteiger partial charge is 0.487 e. The number of ether oxygens (including phenoxy) is 2. The summed E-state index contributed by atoms with van der Waals surface area (Å²) in [5.41, 5.74) is -0.945. The Morgan fingerprint density at radius 2 is 2.00 bits per heavy atom. The number of rotatable bonds is 0. The highest BCUT2D eigenvalue weighted by Gasteiger charge is 2.34. The smallest absolute Gasteiger partial charge is 0.161 e. The highest BCUT2D eigenvalue weighted by molar-refractivity contribution is 5.40. The van der Waals surface area contributed by atoms with Gasteiger partial charge in [-0.1, -0.05) is 12.1 Å². The Morgan fingerprint density at radius 1 is 1.36 bits per heavy atom. The normalized spacial score (nSPS) is 30.9. The van der Waals surface area contributed by atoms with Crippen LogP contribution in [-0.4, -0.2) is 23.4 Å². The summed E-state index contributed by atoms with van der Waals surface area (Å²) >= 11 is 0. The summed E-state index contributed by atoms with van der Waals surface area (Å²) in [5, 5.41) is 9.95. The molecule has 3 nitrogen and oxygen atoms in total. The van der Waals surface area contributed by atoms with E-state index in [4.69, 9.17) is 9.47 Å². The number of para-hydroxylation sites is 2. The maximum atomic E-state index is 9.95. The van der Waals surface area contributed by atoms with Crippen LogP contribution >= 0.6 is 0 Å². The molecule has 2 rings (SSSR count). The second kappa shape index (κ2) is 3.17. The number of fused-ring (bicyclic) bond motifs is 1. The predicted molar refractivity (Wildman–Crippen MR) is 52.7 cm³/mol. The van der Waals surface area contributed by atoms with Crippen molar-refractivity contribution in [2.45, 2.75) is 25.6 Å². The van der Waals surface area contributed by atoms with Gasteiger partial charge in [0, 0.05) is 0 Å². The van der Waals surface area contributed by atoms with Crippen molar-refractivity contribution in [2.24, 2.45) is 0 Å². The van der Waals surface area contributed by atoms with E-state index in [9.17, 15) is 5.11 Å². The molecule has 0 spiro atoms. The van der Waals surface area contributed by atoms with Crippen molar-refractivity contribution in [1.82, 2.24) is 0 Å². The summed E-state index contributed by atoms with van der Waals surface area (Å²) in [6.45, 7) is 3.81. The van der Waals surface area contributed by atoms with Crippen LogP contribution in [0.4, 0.5) is 0 Å². The molecule has 1 N–H and O–H groups in total. The molecule has 0 aromatic heterocycles. The fourth-order valence-corrected chi connectivity index (χ4v) is 1.33. The Bertz CT molecular complexity index is 333. The monoisotopic (exact) mass is 194 g/mol. The quantitative estimate of drug-likeness (QED) is 0.681. The van der Waals surface area contributed by atoms with Gasteiger partial charge < -0.3 is 14.6 Å². The van der Waals surface area contributed by atoms with Crippen molar-refractivity contribution >= 4 is 0 Å². The zero-order valence-corrected chi connectivity index (χ0v) is 8.36. The van der Waals surface area contributed by atoms with Gasteiger partial charge in [0.2, 0.25) is 0 Å². The van der Waals surface area contributed by atoms with Crippen LogP contribution in [0.25, 0.3) is 0 Å². The summed E-state index contributed by atoms with van der Waals surface area (Å²) in [4.78, 5) is 0. The Hall–Kier alpha value is -1.22. The van der Waals surface area contributed by atoms with Gasteiger partial charge in [-0.25, -0.2) is 0 Å². The third-order valence-corrected chi connectivity index (χ3v) is 2.55. The SMILES string of the molecule is CC1Oc2ccccc2OCC1(C)O. The zero-order chi connectivity index (χ0) is 10.2. The van der Waals surface area contributed by atoms with Crippen molar-refractivity contribution in [1.29, 1.82) is 0 Å². The standard InChI is InChI=1S/C11H14O3/c1-8-11(2,12)7-13-9-5-3-4-6-10(9)14-8/h3-6,8,12H,7H2,1-2H3. The average Bonchev–Trinajstić information content (AvgIpc) is 2.26. The molecular weight excluding hydrogens is 180 g/mol. The highest BCUT2D eigenvalue weighted by Crippen LogP contribution is 2.32. The number of hydrogen-bond donors (Lipinski definition) is 1. The van der Waals surface area contributed by atoms with Crippen molar-refractivity contribution in [3.63, 3.8) is 0 Å². The lowest BCUT2D eigenvalue weighted by Gasteiger charge is -2.26. The molecule has 2 unspecified atom stereocenters. The molecule has 0 saturated carbocycles. The molecule has 14 heavy (non-hydrogen) atoms. The second-order valence-corrected chi connectivity index (χ2v) is 3.85. The molecule has 0 radical (unpaired) electrons. The molecule has 3 heteroatoms. The number of benzene rings is 1. The third kappa shape index (κ3) is 1.55. The molecule has 1 heterocycles. The molecule has 2 atom stereocenters. The lowest BCUT2D eigenvalue weighted by molar-refractivity contribution is -0.0546. The Kier molecular flexibility index (Phi) is 2.11. The predicted octanol–water partition coefficient (Wildman–Crippen LogP) is 1.60. The van der Waals surface area contributed by atoms with Gasteiger partial charge in [-0.05, 0) is 26.0 Å². The highest BCUT2D eigenvalue weighted by atomic mass is 16.6. The summed E-state index contributed by atoms with van der Waals surface area (Å²) < 4.78 is 11.1. The maximum Gasteiger partial charge on any atom is 0.161 e. The molecule has 0 aliphatic carbocycles. The van der Waals surface area contributed by atoms with Crippen LogP contribution in [0, 0.1) is 0 Å². The Labute approximate surface area is 83.3 Å². The lowest BCUT2D eigenvalue weighted by atomic mass is 10.0. The summed E-state index contributed by atoms with van der Waals surface area (Å²) in [7, 11) is 0. The minimum Gasteiger partial charge on any atom is -0.487 e. The van der Waals surface area contributed by atoms with E-state index in [2.05, 4.69) is 0 Å². The van der Waals surface area contributed by atoms with Crippen LogP contribution in [0.2, 0.25) is 0 Å². The Balaban J connectivity index is 2.33.